The molecule has 2 aromatic rings. The number of fused-ring (bicyclic) bond motifs is 1. The quantitative estimate of drug-likeness (QED) is 0.834. The first-order valence-corrected chi connectivity index (χ1v) is 7.48. The molecule has 1 amide bonds. The van der Waals surface area contributed by atoms with Crippen molar-refractivity contribution in [3.63, 3.8) is 0 Å². The van der Waals surface area contributed by atoms with Crippen LogP contribution in [0.1, 0.15) is 36.8 Å². The first-order chi connectivity index (χ1) is 9.74. The highest BCUT2D eigenvalue weighted by Gasteiger charge is 2.17. The van der Waals surface area contributed by atoms with Crippen LogP contribution in [-0.4, -0.2) is 23.9 Å². The molecule has 3 nitrogen and oxygen atoms in total. The average Bonchev–Trinajstić information content (AvgIpc) is 2.67. The van der Waals surface area contributed by atoms with Gasteiger partial charge in [0.15, 0.2) is 0 Å². The van der Waals surface area contributed by atoms with Crippen LogP contribution < -0.4 is 0 Å². The summed E-state index contributed by atoms with van der Waals surface area (Å²) in [5.41, 5.74) is 3.08. The topological polar surface area (TPSA) is 33.5 Å². The molecule has 1 aromatic heterocycles. The van der Waals surface area contributed by atoms with Crippen molar-refractivity contribution >= 4 is 16.9 Å². The molecule has 20 heavy (non-hydrogen) atoms. The lowest BCUT2D eigenvalue weighted by Crippen LogP contribution is -2.32. The third kappa shape index (κ3) is 2.72. The van der Waals surface area contributed by atoms with Crippen molar-refractivity contribution in [3.8, 4) is 0 Å². The maximum absolute atomic E-state index is 12.4. The monoisotopic (exact) mass is 271 g/mol. The van der Waals surface area contributed by atoms with Crippen molar-refractivity contribution in [1.29, 1.82) is 0 Å². The Bertz CT molecular complexity index is 606. The van der Waals surface area contributed by atoms with Crippen molar-refractivity contribution in [2.45, 2.75) is 39.0 Å². The van der Waals surface area contributed by atoms with E-state index >= 15 is 0 Å². The predicted molar refractivity (Wildman–Crippen MR) is 79.7 cm³/mol. The Hall–Kier alpha value is -1.77. The Morgan fingerprint density at radius 1 is 1.20 bits per heavy atom. The van der Waals surface area contributed by atoms with Gasteiger partial charge in [0.05, 0.1) is 12.7 Å². The van der Waals surface area contributed by atoms with Gasteiger partial charge in [-0.05, 0) is 31.9 Å². The van der Waals surface area contributed by atoms with Gasteiger partial charge in [-0.2, -0.15) is 0 Å². The highest BCUT2D eigenvalue weighted by molar-refractivity contribution is 5.88. The van der Waals surface area contributed by atoms with Crippen molar-refractivity contribution < 1.29 is 9.21 Å². The number of carbonyl (C=O) groups is 1. The van der Waals surface area contributed by atoms with Gasteiger partial charge >= 0.3 is 0 Å². The number of hydrogen-bond acceptors (Lipinski definition) is 2. The van der Waals surface area contributed by atoms with E-state index in [-0.39, 0.29) is 5.91 Å². The zero-order valence-corrected chi connectivity index (χ0v) is 12.0. The minimum Gasteiger partial charge on any atom is -0.464 e. The lowest BCUT2D eigenvalue weighted by Gasteiger charge is -2.19. The molecule has 3 rings (SSSR count). The molecule has 1 fully saturated rings. The SMILES string of the molecule is Cc1ccc2occ(CC(=O)N3CCCCCC3)c2c1. The van der Waals surface area contributed by atoms with Gasteiger partial charge in [0.25, 0.3) is 0 Å². The van der Waals surface area contributed by atoms with Gasteiger partial charge in [-0.25, -0.2) is 0 Å². The summed E-state index contributed by atoms with van der Waals surface area (Å²) in [7, 11) is 0. The Kier molecular flexibility index (Phi) is 3.77. The van der Waals surface area contributed by atoms with E-state index in [4.69, 9.17) is 4.42 Å². The van der Waals surface area contributed by atoms with Crippen LogP contribution >= 0.6 is 0 Å². The Morgan fingerprint density at radius 3 is 2.70 bits per heavy atom. The second-order valence-electron chi connectivity index (χ2n) is 5.73. The van der Waals surface area contributed by atoms with E-state index in [1.807, 2.05) is 17.0 Å². The number of likely N-dealkylation sites (tertiary alicyclic amines) is 1. The molecule has 3 heteroatoms. The molecule has 2 heterocycles. The predicted octanol–water partition coefficient (Wildman–Crippen LogP) is 3.69. The van der Waals surface area contributed by atoms with E-state index in [1.165, 1.54) is 18.4 Å². The zero-order chi connectivity index (χ0) is 13.9. The third-order valence-corrected chi connectivity index (χ3v) is 4.11. The van der Waals surface area contributed by atoms with Crippen molar-refractivity contribution in [2.24, 2.45) is 0 Å². The maximum Gasteiger partial charge on any atom is 0.227 e. The Labute approximate surface area is 119 Å². The molecule has 0 saturated carbocycles. The molecule has 0 N–H and O–H groups in total. The van der Waals surface area contributed by atoms with Gasteiger partial charge in [0, 0.05) is 24.0 Å². The van der Waals surface area contributed by atoms with Crippen LogP contribution in [0.25, 0.3) is 11.0 Å². The molecule has 1 aliphatic rings. The number of amides is 1. The van der Waals surface area contributed by atoms with Gasteiger partial charge in [0.2, 0.25) is 5.91 Å². The summed E-state index contributed by atoms with van der Waals surface area (Å²) in [4.78, 5) is 14.4. The first kappa shape index (κ1) is 13.2. The molecule has 0 unspecified atom stereocenters. The summed E-state index contributed by atoms with van der Waals surface area (Å²) in [6.45, 7) is 3.88. The molecule has 0 aliphatic carbocycles. The van der Waals surface area contributed by atoms with E-state index in [9.17, 15) is 4.79 Å². The molecule has 1 aliphatic heterocycles. The zero-order valence-electron chi connectivity index (χ0n) is 12.0. The molecule has 0 spiro atoms. The lowest BCUT2D eigenvalue weighted by molar-refractivity contribution is -0.130. The molecule has 1 saturated heterocycles. The van der Waals surface area contributed by atoms with E-state index in [2.05, 4.69) is 13.0 Å². The maximum atomic E-state index is 12.4. The van der Waals surface area contributed by atoms with Crippen molar-refractivity contribution in [3.05, 3.63) is 35.6 Å². The Balaban J connectivity index is 1.78. The normalized spacial score (nSPS) is 16.4. The summed E-state index contributed by atoms with van der Waals surface area (Å²) < 4.78 is 5.55. The molecular formula is C17H21NO2. The Morgan fingerprint density at radius 2 is 1.95 bits per heavy atom. The highest BCUT2D eigenvalue weighted by atomic mass is 16.3. The van der Waals surface area contributed by atoms with E-state index in [0.29, 0.717) is 6.42 Å². The number of hydrogen-bond donors (Lipinski definition) is 0. The number of carbonyl (C=O) groups excluding carboxylic acids is 1. The van der Waals surface area contributed by atoms with E-state index in [1.54, 1.807) is 6.26 Å². The summed E-state index contributed by atoms with van der Waals surface area (Å²) >= 11 is 0. The van der Waals surface area contributed by atoms with E-state index in [0.717, 1.165) is 42.5 Å². The molecule has 106 valence electrons. The summed E-state index contributed by atoms with van der Waals surface area (Å²) in [6, 6.07) is 6.11. The summed E-state index contributed by atoms with van der Waals surface area (Å²) in [5, 5.41) is 1.08. The standard InChI is InChI=1S/C17H21NO2/c1-13-6-7-16-15(10-13)14(12-20-16)11-17(19)18-8-4-2-3-5-9-18/h6-7,10,12H,2-5,8-9,11H2,1H3. The van der Waals surface area contributed by atoms with Crippen LogP contribution in [0.5, 0.6) is 0 Å². The molecule has 0 bridgehead atoms. The van der Waals surface area contributed by atoms with Crippen LogP contribution in [0.2, 0.25) is 0 Å². The molecular weight excluding hydrogens is 250 g/mol. The van der Waals surface area contributed by atoms with Gasteiger partial charge < -0.3 is 9.32 Å². The van der Waals surface area contributed by atoms with Gasteiger partial charge in [0.1, 0.15) is 5.58 Å². The third-order valence-electron chi connectivity index (χ3n) is 4.11. The number of aryl methyl sites for hydroxylation is 1. The van der Waals surface area contributed by atoms with Gasteiger partial charge in [-0.3, -0.25) is 4.79 Å². The van der Waals surface area contributed by atoms with Crippen LogP contribution in [-0.2, 0) is 11.2 Å². The summed E-state index contributed by atoms with van der Waals surface area (Å²) in [5.74, 6) is 0.233. The second-order valence-corrected chi connectivity index (χ2v) is 5.73. The smallest absolute Gasteiger partial charge is 0.227 e. The van der Waals surface area contributed by atoms with Gasteiger partial charge in [-0.15, -0.1) is 0 Å². The van der Waals surface area contributed by atoms with Crippen molar-refractivity contribution in [2.75, 3.05) is 13.1 Å². The number of furan rings is 1. The van der Waals surface area contributed by atoms with Crippen LogP contribution in [0, 0.1) is 6.92 Å². The highest BCUT2D eigenvalue weighted by Crippen LogP contribution is 2.23. The van der Waals surface area contributed by atoms with Gasteiger partial charge in [-0.1, -0.05) is 24.5 Å². The fourth-order valence-electron chi connectivity index (χ4n) is 2.93. The van der Waals surface area contributed by atoms with Crippen LogP contribution in [0.15, 0.2) is 28.9 Å². The lowest BCUT2D eigenvalue weighted by atomic mass is 10.1. The second kappa shape index (κ2) is 5.70. The van der Waals surface area contributed by atoms with E-state index < -0.39 is 0 Å². The largest absolute Gasteiger partial charge is 0.464 e. The first-order valence-electron chi connectivity index (χ1n) is 7.48. The average molecular weight is 271 g/mol. The molecule has 1 aromatic carbocycles. The molecule has 0 radical (unpaired) electrons. The molecule has 0 atom stereocenters. The van der Waals surface area contributed by atoms with Crippen LogP contribution in [0.3, 0.4) is 0 Å². The summed E-state index contributed by atoms with van der Waals surface area (Å²) in [6.07, 6.45) is 6.96. The minimum atomic E-state index is 0.233. The minimum absolute atomic E-state index is 0.233. The van der Waals surface area contributed by atoms with Crippen molar-refractivity contribution in [1.82, 2.24) is 4.90 Å². The fourth-order valence-corrected chi connectivity index (χ4v) is 2.93. The number of rotatable bonds is 2. The van der Waals surface area contributed by atoms with Crippen LogP contribution in [0.4, 0.5) is 0 Å². The number of nitrogens with zero attached hydrogens (tertiary/aromatic N) is 1. The number of benzene rings is 1. The fraction of sp³-hybridized carbons (Fsp3) is 0.471.